The Labute approximate surface area is 126 Å². The van der Waals surface area contributed by atoms with Crippen molar-refractivity contribution >= 4 is 29.0 Å². The molecule has 0 aromatic heterocycles. The molecule has 1 aromatic carbocycles. The van der Waals surface area contributed by atoms with E-state index in [2.05, 4.69) is 5.32 Å². The number of nitro benzene ring substituents is 1. The van der Waals surface area contributed by atoms with Gasteiger partial charge in [0.05, 0.1) is 17.0 Å². The van der Waals surface area contributed by atoms with Gasteiger partial charge in [0, 0.05) is 18.6 Å². The molecular weight excluding hydrogens is 292 g/mol. The first-order chi connectivity index (χ1) is 10.3. The van der Waals surface area contributed by atoms with Crippen molar-refractivity contribution in [2.24, 2.45) is 0 Å². The molecule has 22 heavy (non-hydrogen) atoms. The molecule has 8 heteroatoms. The first-order valence-corrected chi connectivity index (χ1v) is 6.49. The number of nitrogens with one attached hydrogen (secondary N) is 1. The van der Waals surface area contributed by atoms with Crippen LogP contribution >= 0.6 is 0 Å². The van der Waals surface area contributed by atoms with Crippen LogP contribution in [0.3, 0.4) is 0 Å². The van der Waals surface area contributed by atoms with Crippen molar-refractivity contribution in [1.29, 1.82) is 0 Å². The summed E-state index contributed by atoms with van der Waals surface area (Å²) in [5.41, 5.74) is 0.764. The Bertz CT molecular complexity index is 611. The fourth-order valence-electron chi connectivity index (χ4n) is 1.54. The number of Topliss-reactive ketones (excluding diaryl/α,β-unsaturated/α-hetero) is 1. The lowest BCUT2D eigenvalue weighted by Crippen LogP contribution is -2.21. The minimum atomic E-state index is -0.652. The lowest BCUT2D eigenvalue weighted by molar-refractivity contribution is -0.384. The number of nitrogens with zero attached hydrogens (tertiary/aromatic N) is 1. The van der Waals surface area contributed by atoms with E-state index in [1.807, 2.05) is 0 Å². The predicted molar refractivity (Wildman–Crippen MR) is 77.3 cm³/mol. The average Bonchev–Trinajstić information content (AvgIpc) is 2.45. The topological polar surface area (TPSA) is 116 Å². The monoisotopic (exact) mass is 308 g/mol. The normalized spacial score (nSPS) is 9.91. The van der Waals surface area contributed by atoms with Gasteiger partial charge in [0.1, 0.15) is 5.78 Å². The summed E-state index contributed by atoms with van der Waals surface area (Å²) < 4.78 is 4.71. The molecule has 0 aliphatic heterocycles. The highest BCUT2D eigenvalue weighted by atomic mass is 16.6. The van der Waals surface area contributed by atoms with Gasteiger partial charge in [0.25, 0.3) is 11.6 Å². The average molecular weight is 308 g/mol. The molecule has 8 nitrogen and oxygen atoms in total. The minimum Gasteiger partial charge on any atom is -0.456 e. The van der Waals surface area contributed by atoms with Crippen LogP contribution in [0, 0.1) is 17.0 Å². The first-order valence-electron chi connectivity index (χ1n) is 6.49. The number of hydrogen-bond donors (Lipinski definition) is 1. The van der Waals surface area contributed by atoms with Gasteiger partial charge in [-0.15, -0.1) is 0 Å². The zero-order chi connectivity index (χ0) is 16.7. The fourth-order valence-corrected chi connectivity index (χ4v) is 1.54. The zero-order valence-corrected chi connectivity index (χ0v) is 12.3. The molecular formula is C14H16N2O6. The molecule has 0 atom stereocenters. The molecule has 0 saturated heterocycles. The Morgan fingerprint density at radius 1 is 1.27 bits per heavy atom. The summed E-state index contributed by atoms with van der Waals surface area (Å²) in [6.45, 7) is 2.52. The summed E-state index contributed by atoms with van der Waals surface area (Å²) in [7, 11) is 0. The van der Waals surface area contributed by atoms with Gasteiger partial charge in [-0.05, 0) is 19.4 Å². The highest BCUT2D eigenvalue weighted by Crippen LogP contribution is 2.21. The van der Waals surface area contributed by atoms with Crippen LogP contribution in [0.2, 0.25) is 0 Å². The third-order valence-electron chi connectivity index (χ3n) is 2.75. The number of ketones is 1. The quantitative estimate of drug-likeness (QED) is 0.466. The number of benzene rings is 1. The Hall–Kier alpha value is -2.77. The molecule has 0 bridgehead atoms. The van der Waals surface area contributed by atoms with Gasteiger partial charge in [-0.3, -0.25) is 19.7 Å². The van der Waals surface area contributed by atoms with E-state index in [0.717, 1.165) is 0 Å². The molecule has 0 unspecified atom stereocenters. The lowest BCUT2D eigenvalue weighted by Gasteiger charge is -2.08. The van der Waals surface area contributed by atoms with E-state index in [4.69, 9.17) is 4.74 Å². The van der Waals surface area contributed by atoms with Gasteiger partial charge >= 0.3 is 5.97 Å². The lowest BCUT2D eigenvalue weighted by atomic mass is 10.2. The summed E-state index contributed by atoms with van der Waals surface area (Å²) in [4.78, 5) is 43.8. The number of rotatable bonds is 7. The third-order valence-corrected chi connectivity index (χ3v) is 2.75. The fraction of sp³-hybridized carbons (Fsp3) is 0.357. The maximum atomic E-state index is 11.7. The molecule has 1 N–H and O–H groups in total. The van der Waals surface area contributed by atoms with E-state index in [0.29, 0.717) is 5.56 Å². The number of amides is 1. The number of ether oxygens (including phenoxy) is 1. The smallest absolute Gasteiger partial charge is 0.306 e. The number of carbonyl (C=O) groups excluding carboxylic acids is 3. The van der Waals surface area contributed by atoms with Gasteiger partial charge in [-0.1, -0.05) is 6.07 Å². The summed E-state index contributed by atoms with van der Waals surface area (Å²) in [6, 6.07) is 4.06. The standard InChI is InChI=1S/C14H16N2O6/c1-9-3-5-11(16(20)21)7-12(9)15-13(18)8-22-14(19)6-4-10(2)17/h3,5,7H,4,6,8H2,1-2H3,(H,15,18). The largest absolute Gasteiger partial charge is 0.456 e. The van der Waals surface area contributed by atoms with E-state index >= 15 is 0 Å². The second kappa shape index (κ2) is 7.87. The Kier molecular flexibility index (Phi) is 6.18. The summed E-state index contributed by atoms with van der Waals surface area (Å²) in [5.74, 6) is -1.41. The van der Waals surface area contributed by atoms with Crippen LogP contribution in [0.25, 0.3) is 0 Å². The highest BCUT2D eigenvalue weighted by Gasteiger charge is 2.13. The van der Waals surface area contributed by atoms with Crippen molar-refractivity contribution in [2.75, 3.05) is 11.9 Å². The van der Waals surface area contributed by atoms with Crippen LogP contribution in [0.5, 0.6) is 0 Å². The van der Waals surface area contributed by atoms with Gasteiger partial charge in [0.15, 0.2) is 6.61 Å². The number of non-ortho nitro benzene ring substituents is 1. The molecule has 1 amide bonds. The van der Waals surface area contributed by atoms with Crippen molar-refractivity contribution in [3.8, 4) is 0 Å². The van der Waals surface area contributed by atoms with Crippen LogP contribution in [-0.2, 0) is 19.1 Å². The van der Waals surface area contributed by atoms with Crippen LogP contribution in [0.15, 0.2) is 18.2 Å². The van der Waals surface area contributed by atoms with Crippen molar-refractivity contribution in [1.82, 2.24) is 0 Å². The molecule has 0 fully saturated rings. The van der Waals surface area contributed by atoms with Crippen LogP contribution in [0.1, 0.15) is 25.3 Å². The Morgan fingerprint density at radius 2 is 1.95 bits per heavy atom. The molecule has 0 saturated carbocycles. The van der Waals surface area contributed by atoms with E-state index in [1.54, 1.807) is 6.92 Å². The number of esters is 1. The van der Waals surface area contributed by atoms with Gasteiger partial charge in [-0.25, -0.2) is 0 Å². The molecule has 0 aliphatic rings. The zero-order valence-electron chi connectivity index (χ0n) is 12.3. The van der Waals surface area contributed by atoms with E-state index < -0.39 is 23.4 Å². The second-order valence-electron chi connectivity index (χ2n) is 4.67. The van der Waals surface area contributed by atoms with Crippen LogP contribution < -0.4 is 5.32 Å². The van der Waals surface area contributed by atoms with Crippen molar-refractivity contribution < 1.29 is 24.0 Å². The maximum Gasteiger partial charge on any atom is 0.306 e. The Balaban J connectivity index is 2.55. The molecule has 0 aliphatic carbocycles. The molecule has 0 radical (unpaired) electrons. The van der Waals surface area contributed by atoms with Crippen LogP contribution in [-0.4, -0.2) is 29.2 Å². The molecule has 118 valence electrons. The van der Waals surface area contributed by atoms with E-state index in [1.165, 1.54) is 25.1 Å². The summed E-state index contributed by atoms with van der Waals surface area (Å²) in [6.07, 6.45) is -0.0249. The second-order valence-corrected chi connectivity index (χ2v) is 4.67. The van der Waals surface area contributed by atoms with Gasteiger partial charge < -0.3 is 14.8 Å². The number of aryl methyl sites for hydroxylation is 1. The predicted octanol–water partition coefficient (Wildman–Crippen LogP) is 1.75. The van der Waals surface area contributed by atoms with Gasteiger partial charge in [-0.2, -0.15) is 0 Å². The number of nitro groups is 1. The first kappa shape index (κ1) is 17.3. The van der Waals surface area contributed by atoms with Crippen molar-refractivity contribution in [3.63, 3.8) is 0 Å². The molecule has 1 rings (SSSR count). The molecule has 1 aromatic rings. The van der Waals surface area contributed by atoms with Crippen molar-refractivity contribution in [2.45, 2.75) is 26.7 Å². The summed E-state index contributed by atoms with van der Waals surface area (Å²) in [5, 5.41) is 13.1. The minimum absolute atomic E-state index is 0.0600. The van der Waals surface area contributed by atoms with Crippen molar-refractivity contribution in [3.05, 3.63) is 33.9 Å². The number of anilines is 1. The number of carbonyl (C=O) groups is 3. The highest BCUT2D eigenvalue weighted by molar-refractivity contribution is 5.94. The summed E-state index contributed by atoms with van der Waals surface area (Å²) >= 11 is 0. The van der Waals surface area contributed by atoms with E-state index in [-0.39, 0.29) is 30.0 Å². The van der Waals surface area contributed by atoms with Crippen LogP contribution in [0.4, 0.5) is 11.4 Å². The molecule has 0 spiro atoms. The Morgan fingerprint density at radius 3 is 2.55 bits per heavy atom. The van der Waals surface area contributed by atoms with Gasteiger partial charge in [0.2, 0.25) is 0 Å². The third kappa shape index (κ3) is 5.70. The maximum absolute atomic E-state index is 11.7. The SMILES string of the molecule is CC(=O)CCC(=O)OCC(=O)Nc1cc([N+](=O)[O-])ccc1C. The van der Waals surface area contributed by atoms with E-state index in [9.17, 15) is 24.5 Å². The molecule has 0 heterocycles. The number of hydrogen-bond acceptors (Lipinski definition) is 6.